The van der Waals surface area contributed by atoms with E-state index in [2.05, 4.69) is 19.2 Å². The number of carbonyl (C=O) groups is 1. The minimum absolute atomic E-state index is 0.203. The van der Waals surface area contributed by atoms with Crippen LogP contribution in [0.3, 0.4) is 0 Å². The van der Waals surface area contributed by atoms with Crippen molar-refractivity contribution in [3.63, 3.8) is 0 Å². The Morgan fingerprint density at radius 3 is 2.31 bits per heavy atom. The predicted octanol–water partition coefficient (Wildman–Crippen LogP) is 6.11. The molecule has 3 rings (SSSR count). The molecule has 1 amide bonds. The van der Waals surface area contributed by atoms with Crippen molar-refractivity contribution in [2.75, 3.05) is 11.9 Å². The van der Waals surface area contributed by atoms with Crippen molar-refractivity contribution in [2.45, 2.75) is 47.0 Å². The van der Waals surface area contributed by atoms with E-state index in [4.69, 9.17) is 16.3 Å². The van der Waals surface area contributed by atoms with Crippen molar-refractivity contribution < 1.29 is 14.3 Å². The summed E-state index contributed by atoms with van der Waals surface area (Å²) in [5, 5.41) is 16.7. The highest BCUT2D eigenvalue weighted by Gasteiger charge is 2.29. The molecule has 0 aliphatic carbocycles. The van der Waals surface area contributed by atoms with Gasteiger partial charge in [-0.3, -0.25) is 4.79 Å². The van der Waals surface area contributed by atoms with E-state index in [1.807, 2.05) is 25.1 Å². The minimum atomic E-state index is -0.383. The summed E-state index contributed by atoms with van der Waals surface area (Å²) < 4.78 is 6.71. The van der Waals surface area contributed by atoms with E-state index in [0.717, 1.165) is 40.8 Å². The maximum Gasteiger partial charge on any atom is 0.266 e. The maximum absolute atomic E-state index is 13.7. The number of hydrogen-bond donors (Lipinski definition) is 1. The molecule has 5 nitrogen and oxygen atoms in total. The van der Waals surface area contributed by atoms with Gasteiger partial charge in [-0.15, -0.1) is 0 Å². The van der Waals surface area contributed by atoms with E-state index in [1.165, 1.54) is 0 Å². The SMILES string of the molecule is CCCOc1cc(C)[n+]([O-])c(-c2cccc(Cl)c2)c1C(=O)Nc1c(CC)cccc1CC. The summed E-state index contributed by atoms with van der Waals surface area (Å²) >= 11 is 6.21. The second-order valence-corrected chi connectivity index (χ2v) is 8.08. The number of pyridine rings is 1. The average Bonchev–Trinajstić information content (AvgIpc) is 2.79. The van der Waals surface area contributed by atoms with Crippen LogP contribution < -0.4 is 14.8 Å². The smallest absolute Gasteiger partial charge is 0.266 e. The summed E-state index contributed by atoms with van der Waals surface area (Å²) in [7, 11) is 0. The molecule has 0 saturated heterocycles. The largest absolute Gasteiger partial charge is 0.618 e. The zero-order valence-electron chi connectivity index (χ0n) is 19.0. The fourth-order valence-corrected chi connectivity index (χ4v) is 3.93. The Hall–Kier alpha value is -3.05. The van der Waals surface area contributed by atoms with Crippen LogP contribution >= 0.6 is 11.6 Å². The van der Waals surface area contributed by atoms with Crippen molar-refractivity contribution in [3.8, 4) is 17.0 Å². The molecule has 1 N–H and O–H groups in total. The van der Waals surface area contributed by atoms with Gasteiger partial charge in [0.1, 0.15) is 5.75 Å². The molecule has 0 aliphatic rings. The molecule has 32 heavy (non-hydrogen) atoms. The molecule has 1 aromatic heterocycles. The number of hydrogen-bond acceptors (Lipinski definition) is 3. The molecular formula is C26H29ClN2O3. The molecule has 0 unspecified atom stereocenters. The van der Waals surface area contributed by atoms with E-state index in [1.54, 1.807) is 37.3 Å². The summed E-state index contributed by atoms with van der Waals surface area (Å²) in [4.78, 5) is 13.7. The molecule has 3 aromatic rings. The second kappa shape index (κ2) is 10.5. The van der Waals surface area contributed by atoms with Crippen LogP contribution in [-0.4, -0.2) is 12.5 Å². The fourth-order valence-electron chi connectivity index (χ4n) is 3.74. The Kier molecular flexibility index (Phi) is 7.75. The highest BCUT2D eigenvalue weighted by molar-refractivity contribution is 6.30. The van der Waals surface area contributed by atoms with Crippen LogP contribution in [0, 0.1) is 12.1 Å². The van der Waals surface area contributed by atoms with Crippen LogP contribution in [0.5, 0.6) is 5.75 Å². The zero-order chi connectivity index (χ0) is 23.3. The molecule has 0 fully saturated rings. The van der Waals surface area contributed by atoms with Crippen molar-refractivity contribution in [3.05, 3.63) is 81.1 Å². The van der Waals surface area contributed by atoms with Gasteiger partial charge in [-0.25, -0.2) is 0 Å². The number of rotatable bonds is 8. The monoisotopic (exact) mass is 452 g/mol. The third-order valence-electron chi connectivity index (χ3n) is 5.37. The Bertz CT molecular complexity index is 1110. The van der Waals surface area contributed by atoms with Gasteiger partial charge in [-0.2, -0.15) is 4.73 Å². The zero-order valence-corrected chi connectivity index (χ0v) is 19.8. The highest BCUT2D eigenvalue weighted by Crippen LogP contribution is 2.32. The van der Waals surface area contributed by atoms with Crippen molar-refractivity contribution in [1.29, 1.82) is 0 Å². The fraction of sp³-hybridized carbons (Fsp3) is 0.308. The van der Waals surface area contributed by atoms with E-state index >= 15 is 0 Å². The van der Waals surface area contributed by atoms with Gasteiger partial charge < -0.3 is 15.3 Å². The third-order valence-corrected chi connectivity index (χ3v) is 5.61. The standard InChI is InChI=1S/C26H29ClN2O3/c1-5-14-32-22-15-17(4)29(31)25(20-12-9-13-21(27)16-20)23(22)26(30)28-24-18(6-2)10-8-11-19(24)7-3/h8-13,15-16H,5-7,14H2,1-4H3,(H,28,30). The van der Waals surface area contributed by atoms with Crippen LogP contribution in [0.4, 0.5) is 5.69 Å². The molecule has 0 spiro atoms. The Balaban J connectivity index is 2.22. The molecule has 0 atom stereocenters. The number of aromatic nitrogens is 1. The lowest BCUT2D eigenvalue weighted by Gasteiger charge is -2.19. The number of aryl methyl sites for hydroxylation is 3. The number of carbonyl (C=O) groups excluding carboxylic acids is 1. The lowest BCUT2D eigenvalue weighted by Crippen LogP contribution is -2.36. The molecule has 0 saturated carbocycles. The molecule has 168 valence electrons. The number of anilines is 1. The van der Waals surface area contributed by atoms with Gasteiger partial charge in [0.15, 0.2) is 11.3 Å². The highest BCUT2D eigenvalue weighted by atomic mass is 35.5. The maximum atomic E-state index is 13.7. The number of halogens is 1. The van der Waals surface area contributed by atoms with Gasteiger partial charge >= 0.3 is 0 Å². The van der Waals surface area contributed by atoms with E-state index in [0.29, 0.717) is 28.6 Å². The summed E-state index contributed by atoms with van der Waals surface area (Å²) in [5.74, 6) is 0.00207. The number of nitrogens with one attached hydrogen (secondary N) is 1. The summed E-state index contributed by atoms with van der Waals surface area (Å²) in [6, 6.07) is 14.6. The number of benzene rings is 2. The second-order valence-electron chi connectivity index (χ2n) is 7.64. The van der Waals surface area contributed by atoms with Gasteiger partial charge in [0, 0.05) is 29.3 Å². The molecule has 6 heteroatoms. The van der Waals surface area contributed by atoms with E-state index in [-0.39, 0.29) is 17.2 Å². The van der Waals surface area contributed by atoms with Crippen LogP contribution in [0.15, 0.2) is 48.5 Å². The minimum Gasteiger partial charge on any atom is -0.618 e. The van der Waals surface area contributed by atoms with Crippen LogP contribution in [0.25, 0.3) is 11.3 Å². The first-order chi connectivity index (χ1) is 15.4. The van der Waals surface area contributed by atoms with Crippen molar-refractivity contribution >= 4 is 23.2 Å². The molecule has 0 bridgehead atoms. The van der Waals surface area contributed by atoms with Crippen LogP contribution in [-0.2, 0) is 12.8 Å². The van der Waals surface area contributed by atoms with Gasteiger partial charge in [0.25, 0.3) is 5.91 Å². The summed E-state index contributed by atoms with van der Waals surface area (Å²) in [6.07, 6.45) is 2.33. The van der Waals surface area contributed by atoms with Gasteiger partial charge in [-0.1, -0.05) is 56.6 Å². The average molecular weight is 453 g/mol. The van der Waals surface area contributed by atoms with Crippen molar-refractivity contribution in [1.82, 2.24) is 0 Å². The topological polar surface area (TPSA) is 65.3 Å². The number of ether oxygens (including phenoxy) is 1. The molecular weight excluding hydrogens is 424 g/mol. The van der Waals surface area contributed by atoms with Crippen LogP contribution in [0.1, 0.15) is 54.4 Å². The molecule has 0 radical (unpaired) electrons. The Labute approximate surface area is 194 Å². The third kappa shape index (κ3) is 4.89. The van der Waals surface area contributed by atoms with Gasteiger partial charge in [0.05, 0.1) is 6.61 Å². The van der Waals surface area contributed by atoms with Crippen molar-refractivity contribution in [2.24, 2.45) is 0 Å². The van der Waals surface area contributed by atoms with Crippen LogP contribution in [0.2, 0.25) is 5.02 Å². The van der Waals surface area contributed by atoms with E-state index in [9.17, 15) is 10.0 Å². The molecule has 1 heterocycles. The first-order valence-electron chi connectivity index (χ1n) is 11.0. The van der Waals surface area contributed by atoms with Gasteiger partial charge in [-0.05, 0) is 48.6 Å². The predicted molar refractivity (Wildman–Crippen MR) is 130 cm³/mol. The first kappa shape index (κ1) is 23.6. The number of para-hydroxylation sites is 1. The number of amides is 1. The Morgan fingerprint density at radius 2 is 1.72 bits per heavy atom. The lowest BCUT2D eigenvalue weighted by atomic mass is 10.0. The van der Waals surface area contributed by atoms with E-state index < -0.39 is 0 Å². The molecule has 0 aliphatic heterocycles. The Morgan fingerprint density at radius 1 is 1.06 bits per heavy atom. The van der Waals surface area contributed by atoms with Gasteiger partial charge in [0.2, 0.25) is 5.69 Å². The first-order valence-corrected chi connectivity index (χ1v) is 11.4. The summed E-state index contributed by atoms with van der Waals surface area (Å²) in [6.45, 7) is 8.23. The number of nitrogens with zero attached hydrogens (tertiary/aromatic N) is 1. The lowest BCUT2D eigenvalue weighted by molar-refractivity contribution is -0.600. The normalized spacial score (nSPS) is 10.8. The quantitative estimate of drug-likeness (QED) is 0.331. The molecule has 2 aromatic carbocycles. The summed E-state index contributed by atoms with van der Waals surface area (Å²) in [5.41, 5.74) is 4.30.